The summed E-state index contributed by atoms with van der Waals surface area (Å²) >= 11 is 0. The predicted molar refractivity (Wildman–Crippen MR) is 150 cm³/mol. The lowest BCUT2D eigenvalue weighted by atomic mass is 9.83. The summed E-state index contributed by atoms with van der Waals surface area (Å²) in [5.41, 5.74) is 4.45. The minimum atomic E-state index is -1.70. The molecule has 1 aromatic rings. The molecule has 0 aliphatic heterocycles. The molecule has 0 amide bonds. The zero-order valence-electron chi connectivity index (χ0n) is 22.5. The molecule has 0 bridgehead atoms. The Hall–Kier alpha value is -1.12. The third-order valence-electron chi connectivity index (χ3n) is 7.37. The quantitative estimate of drug-likeness (QED) is 0.213. The normalized spacial score (nSPS) is 19.5. The van der Waals surface area contributed by atoms with Crippen molar-refractivity contribution in [1.29, 1.82) is 0 Å². The maximum Gasteiger partial charge on any atom is 0.0789 e. The van der Waals surface area contributed by atoms with E-state index < -0.39 is 8.07 Å². The van der Waals surface area contributed by atoms with Crippen LogP contribution in [-0.2, 0) is 0 Å². The highest BCUT2D eigenvalue weighted by Gasteiger charge is 2.35. The molecule has 2 atom stereocenters. The van der Waals surface area contributed by atoms with Gasteiger partial charge in [0.05, 0.1) is 14.2 Å². The van der Waals surface area contributed by atoms with Crippen LogP contribution < -0.4 is 0 Å². The van der Waals surface area contributed by atoms with Crippen LogP contribution >= 0.6 is 0 Å². The van der Waals surface area contributed by atoms with Gasteiger partial charge in [-0.1, -0.05) is 115 Å². The van der Waals surface area contributed by atoms with Crippen molar-refractivity contribution in [3.8, 4) is 0 Å². The van der Waals surface area contributed by atoms with Crippen LogP contribution in [0.4, 0.5) is 0 Å². The van der Waals surface area contributed by atoms with Crippen LogP contribution in [0, 0.1) is 0 Å². The van der Waals surface area contributed by atoms with E-state index in [-0.39, 0.29) is 12.0 Å². The lowest BCUT2D eigenvalue weighted by Gasteiger charge is -2.36. The molecule has 1 saturated carbocycles. The molecule has 2 rings (SSSR count). The Morgan fingerprint density at radius 2 is 1.52 bits per heavy atom. The van der Waals surface area contributed by atoms with Crippen LogP contribution in [0.5, 0.6) is 0 Å². The number of aliphatic hydroxyl groups is 1. The molecular formula is C31H52OSi. The minimum absolute atomic E-state index is 0.213. The first kappa shape index (κ1) is 28.1. The smallest absolute Gasteiger partial charge is 0.0789 e. The second-order valence-electron chi connectivity index (χ2n) is 11.2. The van der Waals surface area contributed by atoms with Crippen LogP contribution in [0.2, 0.25) is 19.6 Å². The third kappa shape index (κ3) is 9.21. The Kier molecular flexibility index (Phi) is 12.8. The lowest BCUT2D eigenvalue weighted by molar-refractivity contribution is 0.176. The first-order valence-corrected chi connectivity index (χ1v) is 17.6. The van der Waals surface area contributed by atoms with Crippen LogP contribution in [-0.4, -0.2) is 19.3 Å². The SMILES string of the molecule is CCCCC/C=C1\CCCC\C1=C(\C(O)C(CCCCCCC)c1ccccc1)[Si](C)(C)C. The number of aliphatic hydroxyl groups excluding tert-OH is 1. The van der Waals surface area contributed by atoms with Crippen molar-refractivity contribution in [2.45, 2.75) is 135 Å². The average Bonchev–Trinajstić information content (AvgIpc) is 2.80. The van der Waals surface area contributed by atoms with E-state index in [2.05, 4.69) is 69.9 Å². The average molecular weight is 469 g/mol. The maximum atomic E-state index is 12.1. The van der Waals surface area contributed by atoms with Crippen molar-refractivity contribution >= 4 is 8.07 Å². The van der Waals surface area contributed by atoms with Crippen LogP contribution in [0.3, 0.4) is 0 Å². The molecule has 33 heavy (non-hydrogen) atoms. The number of allylic oxidation sites excluding steroid dienone is 3. The molecule has 1 N–H and O–H groups in total. The van der Waals surface area contributed by atoms with Crippen LogP contribution in [0.1, 0.15) is 115 Å². The fourth-order valence-electron chi connectivity index (χ4n) is 5.58. The van der Waals surface area contributed by atoms with Gasteiger partial charge in [-0.2, -0.15) is 0 Å². The van der Waals surface area contributed by atoms with Crippen LogP contribution in [0.25, 0.3) is 0 Å². The molecule has 186 valence electrons. The molecule has 0 spiro atoms. The number of hydrogen-bond donors (Lipinski definition) is 1. The number of hydrogen-bond acceptors (Lipinski definition) is 1. The molecule has 0 saturated heterocycles. The van der Waals surface area contributed by atoms with Crippen molar-refractivity contribution < 1.29 is 5.11 Å². The van der Waals surface area contributed by atoms with Gasteiger partial charge in [0.1, 0.15) is 0 Å². The Balaban J connectivity index is 2.38. The third-order valence-corrected chi connectivity index (χ3v) is 9.58. The fraction of sp³-hybridized carbons (Fsp3) is 0.677. The van der Waals surface area contributed by atoms with Gasteiger partial charge in [0.15, 0.2) is 0 Å². The Morgan fingerprint density at radius 1 is 0.879 bits per heavy atom. The second-order valence-corrected chi connectivity index (χ2v) is 16.3. The van der Waals surface area contributed by atoms with E-state index in [9.17, 15) is 5.11 Å². The summed E-state index contributed by atoms with van der Waals surface area (Å²) in [4.78, 5) is 0. The molecule has 2 heteroatoms. The summed E-state index contributed by atoms with van der Waals surface area (Å²) in [6.07, 6.45) is 19.7. The summed E-state index contributed by atoms with van der Waals surface area (Å²) in [5, 5.41) is 13.5. The van der Waals surface area contributed by atoms with Gasteiger partial charge in [0.2, 0.25) is 0 Å². The molecule has 1 fully saturated rings. The van der Waals surface area contributed by atoms with Gasteiger partial charge < -0.3 is 5.11 Å². The molecule has 1 aromatic carbocycles. The van der Waals surface area contributed by atoms with E-state index in [4.69, 9.17) is 0 Å². The largest absolute Gasteiger partial charge is 0.388 e. The van der Waals surface area contributed by atoms with E-state index in [0.29, 0.717) is 0 Å². The van der Waals surface area contributed by atoms with Gasteiger partial charge in [0.25, 0.3) is 0 Å². The Bertz CT molecular complexity index is 725. The van der Waals surface area contributed by atoms with Crippen molar-refractivity contribution in [3.05, 3.63) is 58.3 Å². The van der Waals surface area contributed by atoms with E-state index in [0.717, 1.165) is 12.8 Å². The second kappa shape index (κ2) is 15.0. The topological polar surface area (TPSA) is 20.2 Å². The van der Waals surface area contributed by atoms with Gasteiger partial charge in [-0.25, -0.2) is 0 Å². The monoisotopic (exact) mass is 468 g/mol. The van der Waals surface area contributed by atoms with Gasteiger partial charge in [0, 0.05) is 5.92 Å². The van der Waals surface area contributed by atoms with Crippen molar-refractivity contribution in [2.24, 2.45) is 0 Å². The first-order valence-electron chi connectivity index (χ1n) is 14.1. The molecule has 0 heterocycles. The highest BCUT2D eigenvalue weighted by Crippen LogP contribution is 2.40. The maximum absolute atomic E-state index is 12.1. The molecule has 1 aliphatic rings. The van der Waals surface area contributed by atoms with Crippen molar-refractivity contribution in [2.75, 3.05) is 0 Å². The molecule has 2 unspecified atom stereocenters. The standard InChI is InChI=1S/C31H52OSi/c1-6-8-10-12-17-24-28(26-20-15-13-16-21-26)30(32)31(33(3,4)5)29-25-19-18-23-27(29)22-14-11-9-7-2/h13,15-16,20-22,28,30,32H,6-12,14,17-19,23-25H2,1-5H3/b27-22+,31-29+. The summed E-state index contributed by atoms with van der Waals surface area (Å²) in [5.74, 6) is 0.213. The van der Waals surface area contributed by atoms with Gasteiger partial charge in [-0.15, -0.1) is 0 Å². The van der Waals surface area contributed by atoms with Crippen molar-refractivity contribution in [1.82, 2.24) is 0 Å². The number of rotatable bonds is 14. The van der Waals surface area contributed by atoms with Gasteiger partial charge in [-0.05, 0) is 66.9 Å². The van der Waals surface area contributed by atoms with E-state index in [1.807, 2.05) is 0 Å². The van der Waals surface area contributed by atoms with Gasteiger partial charge in [-0.3, -0.25) is 0 Å². The van der Waals surface area contributed by atoms with Gasteiger partial charge >= 0.3 is 0 Å². The van der Waals surface area contributed by atoms with E-state index >= 15 is 0 Å². The Labute approximate surface area is 206 Å². The fourth-order valence-corrected chi connectivity index (χ4v) is 7.86. The summed E-state index contributed by atoms with van der Waals surface area (Å²) < 4.78 is 0. The molecular weight excluding hydrogens is 416 g/mol. The Morgan fingerprint density at radius 3 is 2.18 bits per heavy atom. The molecule has 1 aliphatic carbocycles. The summed E-state index contributed by atoms with van der Waals surface area (Å²) in [6, 6.07) is 10.9. The molecule has 0 radical (unpaired) electrons. The minimum Gasteiger partial charge on any atom is -0.388 e. The zero-order valence-corrected chi connectivity index (χ0v) is 23.5. The predicted octanol–water partition coefficient (Wildman–Crippen LogP) is 9.75. The molecule has 1 nitrogen and oxygen atoms in total. The summed E-state index contributed by atoms with van der Waals surface area (Å²) in [7, 11) is -1.70. The zero-order chi connectivity index (χ0) is 24.1. The molecule has 0 aromatic heterocycles. The number of benzene rings is 1. The first-order chi connectivity index (χ1) is 15.9. The van der Waals surface area contributed by atoms with E-state index in [1.165, 1.54) is 87.8 Å². The van der Waals surface area contributed by atoms with Crippen LogP contribution in [0.15, 0.2) is 52.8 Å². The highest BCUT2D eigenvalue weighted by molar-refractivity contribution is 6.83. The van der Waals surface area contributed by atoms with Crippen molar-refractivity contribution in [3.63, 3.8) is 0 Å². The summed E-state index contributed by atoms with van der Waals surface area (Å²) in [6.45, 7) is 11.9. The van der Waals surface area contributed by atoms with E-state index in [1.54, 1.807) is 11.1 Å². The number of unbranched alkanes of at least 4 members (excludes halogenated alkanes) is 7. The highest BCUT2D eigenvalue weighted by atomic mass is 28.3. The lowest BCUT2D eigenvalue weighted by Crippen LogP contribution is -2.37.